The van der Waals surface area contributed by atoms with E-state index in [1.165, 1.54) is 33.9 Å². The molecule has 0 aromatic heterocycles. The van der Waals surface area contributed by atoms with Crippen molar-refractivity contribution in [2.45, 2.75) is 6.92 Å². The van der Waals surface area contributed by atoms with Gasteiger partial charge in [-0.15, -0.1) is 0 Å². The average molecular weight is 244 g/mol. The zero-order valence-corrected chi connectivity index (χ0v) is 9.96. The number of benzene rings is 1. The Labute approximate surface area is 94.5 Å². The number of hydrogen-bond acceptors (Lipinski definition) is 2. The van der Waals surface area contributed by atoms with E-state index in [1.54, 1.807) is 6.92 Å². The third-order valence-electron chi connectivity index (χ3n) is 2.58. The van der Waals surface area contributed by atoms with E-state index in [1.807, 2.05) is 0 Å². The van der Waals surface area contributed by atoms with Crippen LogP contribution in [0.2, 0.25) is 0 Å². The Morgan fingerprint density at radius 3 is 2.50 bits per heavy atom. The Balaban J connectivity index is 2.33. The molecule has 0 radical (unpaired) electrons. The molecule has 0 saturated carbocycles. The van der Waals surface area contributed by atoms with Crippen LogP contribution in [0.4, 0.5) is 10.1 Å². The second kappa shape index (κ2) is 3.71. The van der Waals surface area contributed by atoms with E-state index in [2.05, 4.69) is 0 Å². The molecule has 0 amide bonds. The van der Waals surface area contributed by atoms with Gasteiger partial charge in [0.2, 0.25) is 0 Å². The fourth-order valence-electron chi connectivity index (χ4n) is 1.40. The van der Waals surface area contributed by atoms with Crippen molar-refractivity contribution in [3.8, 4) is 0 Å². The summed E-state index contributed by atoms with van der Waals surface area (Å²) in [5.41, 5.74) is 0.913. The van der Waals surface area contributed by atoms with Crippen LogP contribution in [-0.2, 0) is 10.2 Å². The molecule has 1 aromatic rings. The summed E-state index contributed by atoms with van der Waals surface area (Å²) in [4.78, 5) is 0. The highest BCUT2D eigenvalue weighted by Crippen LogP contribution is 2.24. The summed E-state index contributed by atoms with van der Waals surface area (Å²) in [6.07, 6.45) is 0. The maximum atomic E-state index is 13.1. The lowest BCUT2D eigenvalue weighted by Gasteiger charge is -2.19. The predicted octanol–water partition coefficient (Wildman–Crippen LogP) is 1.13. The van der Waals surface area contributed by atoms with Gasteiger partial charge in [-0.25, -0.2) is 4.39 Å². The lowest BCUT2D eigenvalue weighted by Crippen LogP contribution is -2.32. The number of aryl methyl sites for hydroxylation is 1. The molecule has 1 fully saturated rings. The molecular formula is C10H13FN2O2S. The van der Waals surface area contributed by atoms with Gasteiger partial charge in [0.15, 0.2) is 0 Å². The summed E-state index contributed by atoms with van der Waals surface area (Å²) in [5.74, 6) is -0.332. The van der Waals surface area contributed by atoms with E-state index < -0.39 is 10.2 Å². The number of hydrogen-bond donors (Lipinski definition) is 0. The summed E-state index contributed by atoms with van der Waals surface area (Å²) < 4.78 is 39.3. The molecule has 0 aliphatic carbocycles. The minimum absolute atomic E-state index is 0.332. The highest BCUT2D eigenvalue weighted by molar-refractivity contribution is 7.90. The first-order valence-electron chi connectivity index (χ1n) is 4.93. The Bertz CT molecular complexity index is 512. The largest absolute Gasteiger partial charge is 0.303 e. The van der Waals surface area contributed by atoms with Crippen LogP contribution in [0.25, 0.3) is 0 Å². The highest BCUT2D eigenvalue weighted by atomic mass is 32.2. The number of halogens is 1. The molecule has 4 nitrogen and oxygen atoms in total. The minimum Gasteiger partial charge on any atom is -0.261 e. The van der Waals surface area contributed by atoms with Crippen LogP contribution in [0.15, 0.2) is 18.2 Å². The van der Waals surface area contributed by atoms with Crippen LogP contribution < -0.4 is 4.31 Å². The third-order valence-corrected chi connectivity index (χ3v) is 4.50. The first kappa shape index (κ1) is 11.3. The number of rotatable bonds is 3. The van der Waals surface area contributed by atoms with Crippen molar-refractivity contribution in [1.82, 2.24) is 4.31 Å². The lowest BCUT2D eigenvalue weighted by molar-refractivity contribution is 0.561. The molecule has 1 heterocycles. The third kappa shape index (κ3) is 1.90. The highest BCUT2D eigenvalue weighted by Gasteiger charge is 2.35. The maximum absolute atomic E-state index is 13.1. The maximum Gasteiger partial charge on any atom is 0.303 e. The SMILES string of the molecule is Cc1cc(N(C)S(=O)(=O)N2CC2)ccc1F. The molecule has 1 aliphatic heterocycles. The zero-order valence-electron chi connectivity index (χ0n) is 9.14. The Morgan fingerprint density at radius 2 is 2.00 bits per heavy atom. The van der Waals surface area contributed by atoms with E-state index in [0.717, 1.165) is 0 Å². The van der Waals surface area contributed by atoms with E-state index in [-0.39, 0.29) is 5.82 Å². The Morgan fingerprint density at radius 1 is 1.38 bits per heavy atom. The fourth-order valence-corrected chi connectivity index (χ4v) is 2.67. The topological polar surface area (TPSA) is 40.4 Å². The summed E-state index contributed by atoms with van der Waals surface area (Å²) in [7, 11) is -1.93. The molecule has 0 bridgehead atoms. The van der Waals surface area contributed by atoms with E-state index in [0.29, 0.717) is 24.3 Å². The summed E-state index contributed by atoms with van der Waals surface area (Å²) in [6.45, 7) is 2.73. The smallest absolute Gasteiger partial charge is 0.261 e. The Kier molecular flexibility index (Phi) is 2.63. The van der Waals surface area contributed by atoms with Gasteiger partial charge in [-0.05, 0) is 30.7 Å². The molecule has 1 saturated heterocycles. The van der Waals surface area contributed by atoms with Crippen molar-refractivity contribution < 1.29 is 12.8 Å². The monoisotopic (exact) mass is 244 g/mol. The van der Waals surface area contributed by atoms with Crippen LogP contribution >= 0.6 is 0 Å². The molecule has 6 heteroatoms. The van der Waals surface area contributed by atoms with E-state index in [9.17, 15) is 12.8 Å². The Hall–Kier alpha value is -1.14. The molecule has 88 valence electrons. The van der Waals surface area contributed by atoms with Gasteiger partial charge in [-0.3, -0.25) is 4.31 Å². The van der Waals surface area contributed by atoms with Crippen molar-refractivity contribution in [1.29, 1.82) is 0 Å². The van der Waals surface area contributed by atoms with Gasteiger partial charge in [0.05, 0.1) is 5.69 Å². The molecule has 2 rings (SSSR count). The lowest BCUT2D eigenvalue weighted by atomic mass is 10.2. The van der Waals surface area contributed by atoms with Crippen LogP contribution in [-0.4, -0.2) is 32.9 Å². The van der Waals surface area contributed by atoms with Crippen LogP contribution in [0.3, 0.4) is 0 Å². The van der Waals surface area contributed by atoms with E-state index in [4.69, 9.17) is 0 Å². The molecule has 0 unspecified atom stereocenters. The van der Waals surface area contributed by atoms with Crippen molar-refractivity contribution in [2.24, 2.45) is 0 Å². The van der Waals surface area contributed by atoms with Crippen molar-refractivity contribution in [3.05, 3.63) is 29.6 Å². The van der Waals surface area contributed by atoms with Gasteiger partial charge >= 0.3 is 10.2 Å². The van der Waals surface area contributed by atoms with Gasteiger partial charge in [-0.1, -0.05) is 0 Å². The molecule has 0 spiro atoms. The quantitative estimate of drug-likeness (QED) is 0.748. The molecule has 0 atom stereocenters. The molecule has 1 aliphatic rings. The molecule has 16 heavy (non-hydrogen) atoms. The van der Waals surface area contributed by atoms with Crippen molar-refractivity contribution in [2.75, 3.05) is 24.4 Å². The van der Waals surface area contributed by atoms with Crippen LogP contribution in [0, 0.1) is 12.7 Å². The number of anilines is 1. The average Bonchev–Trinajstić information content (AvgIpc) is 3.04. The molecular weight excluding hydrogens is 231 g/mol. The van der Waals surface area contributed by atoms with Crippen molar-refractivity contribution in [3.63, 3.8) is 0 Å². The second-order valence-electron chi connectivity index (χ2n) is 3.81. The predicted molar refractivity (Wildman–Crippen MR) is 60.0 cm³/mol. The van der Waals surface area contributed by atoms with Crippen LogP contribution in [0.1, 0.15) is 5.56 Å². The van der Waals surface area contributed by atoms with E-state index >= 15 is 0 Å². The summed E-state index contributed by atoms with van der Waals surface area (Å²) >= 11 is 0. The number of nitrogens with zero attached hydrogens (tertiary/aromatic N) is 2. The normalized spacial score (nSPS) is 16.2. The fraction of sp³-hybridized carbons (Fsp3) is 0.400. The summed E-state index contributed by atoms with van der Waals surface area (Å²) in [5, 5.41) is 0. The molecule has 1 aromatic carbocycles. The van der Waals surface area contributed by atoms with Gasteiger partial charge in [0.25, 0.3) is 0 Å². The van der Waals surface area contributed by atoms with Gasteiger partial charge in [0.1, 0.15) is 5.82 Å². The summed E-state index contributed by atoms with van der Waals surface area (Å²) in [6, 6.07) is 4.26. The van der Waals surface area contributed by atoms with Gasteiger partial charge < -0.3 is 0 Å². The first-order valence-corrected chi connectivity index (χ1v) is 6.33. The minimum atomic E-state index is -3.40. The standard InChI is InChI=1S/C10H13FN2O2S/c1-8-7-9(3-4-10(8)11)12(2)16(14,15)13-5-6-13/h3-4,7H,5-6H2,1-2H3. The van der Waals surface area contributed by atoms with Gasteiger partial charge in [-0.2, -0.15) is 12.7 Å². The molecule has 0 N–H and O–H groups in total. The van der Waals surface area contributed by atoms with Crippen LogP contribution in [0.5, 0.6) is 0 Å². The van der Waals surface area contributed by atoms with Gasteiger partial charge in [0, 0.05) is 20.1 Å². The zero-order chi connectivity index (χ0) is 11.9. The first-order chi connectivity index (χ1) is 7.43. The van der Waals surface area contributed by atoms with Crippen molar-refractivity contribution >= 4 is 15.9 Å². The second-order valence-corrected chi connectivity index (χ2v) is 5.77.